The molecule has 0 spiro atoms. The number of carbonyl (C=O) groups is 1. The number of aromatic nitrogens is 1. The topological polar surface area (TPSA) is 39.2 Å². The Hall–Kier alpha value is -1.18. The van der Waals surface area contributed by atoms with Crippen molar-refractivity contribution >= 4 is 22.2 Å². The van der Waals surface area contributed by atoms with Crippen molar-refractivity contribution in [3.63, 3.8) is 0 Å². The monoisotopic (exact) mass is 301 g/mol. The molecule has 0 aliphatic carbocycles. The Morgan fingerprint density at radius 1 is 1.50 bits per heavy atom. The Kier molecular flexibility index (Phi) is 3.84. The number of rotatable bonds is 3. The molecule has 0 saturated heterocycles. The highest BCUT2D eigenvalue weighted by molar-refractivity contribution is 9.08. The summed E-state index contributed by atoms with van der Waals surface area (Å²) in [4.78, 5) is 13.6. The molecule has 1 heterocycles. The number of ether oxygens (including phenoxy) is 1. The number of pyridine rings is 1. The van der Waals surface area contributed by atoms with Crippen LogP contribution in [0.1, 0.15) is 16.1 Å². The number of alkyl halides is 4. The van der Waals surface area contributed by atoms with Crippen LogP contribution in [0.5, 0.6) is 5.75 Å². The molecule has 0 aliphatic rings. The second kappa shape index (κ2) is 4.77. The highest BCUT2D eigenvalue weighted by Crippen LogP contribution is 2.29. The Balaban J connectivity index is 3.25. The first-order chi connectivity index (χ1) is 7.37. The number of nitrogens with zero attached hydrogens (tertiary/aromatic N) is 1. The van der Waals surface area contributed by atoms with Gasteiger partial charge in [0.1, 0.15) is 11.4 Å². The average Bonchev–Trinajstić information content (AvgIpc) is 2.14. The van der Waals surface area contributed by atoms with E-state index in [4.69, 9.17) is 0 Å². The Morgan fingerprint density at radius 3 is 2.56 bits per heavy atom. The van der Waals surface area contributed by atoms with Gasteiger partial charge in [-0.2, -0.15) is 4.39 Å². The van der Waals surface area contributed by atoms with Gasteiger partial charge in [0.2, 0.25) is 5.95 Å². The summed E-state index contributed by atoms with van der Waals surface area (Å²) >= 11 is 2.86. The molecule has 16 heavy (non-hydrogen) atoms. The van der Waals surface area contributed by atoms with Crippen molar-refractivity contribution in [3.8, 4) is 5.75 Å². The van der Waals surface area contributed by atoms with Gasteiger partial charge in [-0.05, 0) is 0 Å². The fraction of sp³-hybridized carbons (Fsp3) is 0.250. The molecule has 0 fully saturated rings. The fourth-order valence-corrected chi connectivity index (χ4v) is 1.55. The lowest BCUT2D eigenvalue weighted by molar-refractivity contribution is -0.274. The smallest absolute Gasteiger partial charge is 0.405 e. The van der Waals surface area contributed by atoms with Crippen LogP contribution in [-0.2, 0) is 5.33 Å². The van der Waals surface area contributed by atoms with Crippen LogP contribution in [0.25, 0.3) is 0 Å². The molecule has 0 N–H and O–H groups in total. The van der Waals surface area contributed by atoms with Crippen LogP contribution < -0.4 is 4.74 Å². The molecule has 8 heteroatoms. The number of carbonyl (C=O) groups excluding carboxylic acids is 1. The average molecular weight is 302 g/mol. The van der Waals surface area contributed by atoms with E-state index in [0.29, 0.717) is 6.07 Å². The molecule has 0 atom stereocenters. The lowest BCUT2D eigenvalue weighted by Gasteiger charge is -2.12. The summed E-state index contributed by atoms with van der Waals surface area (Å²) < 4.78 is 52.2. The van der Waals surface area contributed by atoms with Gasteiger partial charge in [-0.15, -0.1) is 13.2 Å². The number of hydrogen-bond donors (Lipinski definition) is 0. The quantitative estimate of drug-likeness (QED) is 0.373. The molecule has 1 rings (SSSR count). The summed E-state index contributed by atoms with van der Waals surface area (Å²) in [6.45, 7) is 0. The second-order valence-corrected chi connectivity index (χ2v) is 3.17. The zero-order valence-corrected chi connectivity index (χ0v) is 9.10. The molecule has 0 unspecified atom stereocenters. The first-order valence-corrected chi connectivity index (χ1v) is 4.96. The molecule has 3 nitrogen and oxygen atoms in total. The molecule has 88 valence electrons. The number of hydrogen-bond acceptors (Lipinski definition) is 3. The van der Waals surface area contributed by atoms with Crippen LogP contribution in [0.4, 0.5) is 17.6 Å². The molecular weight excluding hydrogens is 298 g/mol. The maximum absolute atomic E-state index is 12.8. The zero-order chi connectivity index (χ0) is 12.3. The highest BCUT2D eigenvalue weighted by Gasteiger charge is 2.33. The summed E-state index contributed by atoms with van der Waals surface area (Å²) in [7, 11) is 0. The van der Waals surface area contributed by atoms with Crippen molar-refractivity contribution in [3.05, 3.63) is 23.3 Å². The SMILES string of the molecule is O=Cc1nc(F)cc(OC(F)(F)F)c1CBr. The van der Waals surface area contributed by atoms with Crippen molar-refractivity contribution in [1.82, 2.24) is 4.98 Å². The minimum Gasteiger partial charge on any atom is -0.405 e. The predicted molar refractivity (Wildman–Crippen MR) is 48.9 cm³/mol. The largest absolute Gasteiger partial charge is 0.573 e. The van der Waals surface area contributed by atoms with Gasteiger partial charge < -0.3 is 4.74 Å². The normalized spacial score (nSPS) is 11.3. The maximum Gasteiger partial charge on any atom is 0.573 e. The minimum absolute atomic E-state index is 0.111. The van der Waals surface area contributed by atoms with Crippen LogP contribution in [0, 0.1) is 5.95 Å². The first-order valence-electron chi connectivity index (χ1n) is 3.83. The molecule has 1 aromatic rings. The van der Waals surface area contributed by atoms with Crippen molar-refractivity contribution in [2.75, 3.05) is 0 Å². The van der Waals surface area contributed by atoms with E-state index in [0.717, 1.165) is 0 Å². The molecule has 0 aliphatic heterocycles. The van der Waals surface area contributed by atoms with Crippen LogP contribution in [0.15, 0.2) is 6.07 Å². The van der Waals surface area contributed by atoms with Gasteiger partial charge in [0.25, 0.3) is 0 Å². The molecule has 1 aromatic heterocycles. The Labute approximate surface area is 95.6 Å². The van der Waals surface area contributed by atoms with Crippen LogP contribution in [0.3, 0.4) is 0 Å². The summed E-state index contributed by atoms with van der Waals surface area (Å²) in [5.74, 6) is -2.00. The summed E-state index contributed by atoms with van der Waals surface area (Å²) in [5, 5.41) is -0.111. The summed E-state index contributed by atoms with van der Waals surface area (Å²) in [6.07, 6.45) is -4.80. The maximum atomic E-state index is 12.8. The lowest BCUT2D eigenvalue weighted by Crippen LogP contribution is -2.19. The van der Waals surface area contributed by atoms with E-state index in [-0.39, 0.29) is 17.2 Å². The van der Waals surface area contributed by atoms with Crippen molar-refractivity contribution in [1.29, 1.82) is 0 Å². The highest BCUT2D eigenvalue weighted by atomic mass is 79.9. The van der Waals surface area contributed by atoms with Gasteiger partial charge in [-0.3, -0.25) is 4.79 Å². The third-order valence-electron chi connectivity index (χ3n) is 1.56. The predicted octanol–water partition coefficient (Wildman–Crippen LogP) is 2.83. The second-order valence-electron chi connectivity index (χ2n) is 2.61. The van der Waals surface area contributed by atoms with E-state index in [1.54, 1.807) is 0 Å². The molecule has 0 bridgehead atoms. The van der Waals surface area contributed by atoms with Crippen LogP contribution >= 0.6 is 15.9 Å². The van der Waals surface area contributed by atoms with Gasteiger partial charge in [0, 0.05) is 17.0 Å². The van der Waals surface area contributed by atoms with Crippen molar-refractivity contribution in [2.45, 2.75) is 11.7 Å². The lowest BCUT2D eigenvalue weighted by atomic mass is 10.2. The van der Waals surface area contributed by atoms with Crippen LogP contribution in [-0.4, -0.2) is 17.6 Å². The molecular formula is C8H4BrF4NO2. The standard InChI is InChI=1S/C8H4BrF4NO2/c9-2-4-5(3-15)14-7(10)1-6(4)16-8(11,12)13/h1,3H,2H2. The van der Waals surface area contributed by atoms with Gasteiger partial charge in [0.15, 0.2) is 6.29 Å². The third-order valence-corrected chi connectivity index (χ3v) is 2.12. The summed E-state index contributed by atoms with van der Waals surface area (Å²) in [5.41, 5.74) is -0.593. The van der Waals surface area contributed by atoms with Crippen molar-refractivity contribution < 1.29 is 27.1 Å². The van der Waals surface area contributed by atoms with Gasteiger partial charge in [0.05, 0.1) is 0 Å². The zero-order valence-electron chi connectivity index (χ0n) is 7.52. The van der Waals surface area contributed by atoms with E-state index >= 15 is 0 Å². The van der Waals surface area contributed by atoms with E-state index < -0.39 is 23.8 Å². The first kappa shape index (κ1) is 12.9. The van der Waals surface area contributed by atoms with E-state index in [9.17, 15) is 22.4 Å². The number of halogens is 5. The Bertz CT molecular complexity index is 408. The van der Waals surface area contributed by atoms with Gasteiger partial charge >= 0.3 is 6.36 Å². The summed E-state index contributed by atoms with van der Waals surface area (Å²) in [6, 6.07) is 0.469. The van der Waals surface area contributed by atoms with E-state index in [1.807, 2.05) is 0 Å². The van der Waals surface area contributed by atoms with Crippen LogP contribution in [0.2, 0.25) is 0 Å². The fourth-order valence-electron chi connectivity index (χ4n) is 0.984. The van der Waals surface area contributed by atoms with E-state index in [2.05, 4.69) is 25.7 Å². The molecule has 0 saturated carbocycles. The van der Waals surface area contributed by atoms with Crippen molar-refractivity contribution in [2.24, 2.45) is 0 Å². The van der Waals surface area contributed by atoms with Gasteiger partial charge in [-0.1, -0.05) is 15.9 Å². The third kappa shape index (κ3) is 3.16. The Morgan fingerprint density at radius 2 is 2.12 bits per heavy atom. The molecule has 0 aromatic carbocycles. The number of aldehydes is 1. The molecule has 0 radical (unpaired) electrons. The minimum atomic E-state index is -4.95. The molecule has 0 amide bonds. The van der Waals surface area contributed by atoms with Gasteiger partial charge in [-0.25, -0.2) is 4.98 Å². The van der Waals surface area contributed by atoms with E-state index in [1.165, 1.54) is 0 Å².